The molecule has 1 atom stereocenters. The molecule has 2 heterocycles. The standard InChI is InChI=1S/C19H12Cl2N6O5S/c20-11-1-3-13(14(21)5-11)18-10(7-22-19-23-17(28)9-33-19)8-25(24-18)15-4-2-12(26(29)30)6-16(15)27(31)32/h1-8,19H,9H2,(H,23,28)/b22-7-. The quantitative estimate of drug-likeness (QED) is 0.299. The van der Waals surface area contributed by atoms with Crippen molar-refractivity contribution < 1.29 is 14.6 Å². The Morgan fingerprint density at radius 1 is 1.18 bits per heavy atom. The number of nitrogens with one attached hydrogen (secondary N) is 1. The summed E-state index contributed by atoms with van der Waals surface area (Å²) >= 11 is 13.7. The van der Waals surface area contributed by atoms with Crippen molar-refractivity contribution in [2.45, 2.75) is 5.50 Å². The van der Waals surface area contributed by atoms with Gasteiger partial charge in [-0.2, -0.15) is 5.10 Å². The van der Waals surface area contributed by atoms with Crippen LogP contribution in [0.5, 0.6) is 0 Å². The van der Waals surface area contributed by atoms with E-state index in [1.54, 1.807) is 12.1 Å². The molecule has 1 aliphatic heterocycles. The highest BCUT2D eigenvalue weighted by molar-refractivity contribution is 8.01. The predicted octanol–water partition coefficient (Wildman–Crippen LogP) is 4.23. The molecule has 168 valence electrons. The van der Waals surface area contributed by atoms with Crippen LogP contribution in [-0.2, 0) is 4.79 Å². The van der Waals surface area contributed by atoms with Crippen molar-refractivity contribution in [2.75, 3.05) is 5.75 Å². The SMILES string of the molecule is O=C1CSC(/N=C\c2cn(-c3ccc([N+](=O)[O-])cc3[N+](=O)[O-])nc2-c2ccc(Cl)cc2Cl)N1. The molecule has 0 radical (unpaired) electrons. The van der Waals surface area contributed by atoms with Crippen molar-refractivity contribution in [1.82, 2.24) is 15.1 Å². The highest BCUT2D eigenvalue weighted by Gasteiger charge is 2.24. The molecule has 0 saturated carbocycles. The second-order valence-corrected chi connectivity index (χ2v) is 8.61. The molecule has 1 aromatic heterocycles. The molecule has 4 rings (SSSR count). The fraction of sp³-hybridized carbons (Fsp3) is 0.105. The van der Waals surface area contributed by atoms with Gasteiger partial charge >= 0.3 is 5.69 Å². The average molecular weight is 507 g/mol. The molecule has 0 bridgehead atoms. The number of non-ortho nitro benzene ring substituents is 1. The van der Waals surface area contributed by atoms with Crippen molar-refractivity contribution in [3.63, 3.8) is 0 Å². The Balaban J connectivity index is 1.84. The summed E-state index contributed by atoms with van der Waals surface area (Å²) in [7, 11) is 0. The van der Waals surface area contributed by atoms with Gasteiger partial charge in [-0.3, -0.25) is 30.0 Å². The van der Waals surface area contributed by atoms with E-state index in [9.17, 15) is 25.0 Å². The number of carbonyl (C=O) groups is 1. The number of aliphatic imine (C=N–C) groups is 1. The fourth-order valence-electron chi connectivity index (χ4n) is 3.07. The number of rotatable bonds is 6. The van der Waals surface area contributed by atoms with Gasteiger partial charge in [-0.15, -0.1) is 11.8 Å². The normalized spacial score (nSPS) is 15.7. The summed E-state index contributed by atoms with van der Waals surface area (Å²) in [6.07, 6.45) is 2.96. The van der Waals surface area contributed by atoms with E-state index < -0.39 is 26.7 Å². The largest absolute Gasteiger partial charge is 0.325 e. The second-order valence-electron chi connectivity index (χ2n) is 6.70. The first-order chi connectivity index (χ1) is 15.7. The van der Waals surface area contributed by atoms with E-state index in [0.29, 0.717) is 26.9 Å². The van der Waals surface area contributed by atoms with Crippen LogP contribution in [-0.4, -0.2) is 43.0 Å². The fourth-order valence-corrected chi connectivity index (χ4v) is 4.32. The number of aromatic nitrogens is 2. The van der Waals surface area contributed by atoms with Gasteiger partial charge in [-0.1, -0.05) is 23.2 Å². The zero-order chi connectivity index (χ0) is 23.7. The third kappa shape index (κ3) is 4.82. The molecule has 1 unspecified atom stereocenters. The first kappa shape index (κ1) is 22.7. The molecular formula is C19H12Cl2N6O5S. The number of carbonyl (C=O) groups excluding carboxylic acids is 1. The van der Waals surface area contributed by atoms with Crippen molar-refractivity contribution in [3.8, 4) is 16.9 Å². The Kier molecular flexibility index (Phi) is 6.31. The van der Waals surface area contributed by atoms with Gasteiger partial charge in [0.25, 0.3) is 5.69 Å². The maximum atomic E-state index is 11.6. The molecule has 33 heavy (non-hydrogen) atoms. The van der Waals surface area contributed by atoms with Crippen molar-refractivity contribution in [3.05, 3.63) is 78.4 Å². The van der Waals surface area contributed by atoms with Gasteiger partial charge in [0.05, 0.1) is 26.7 Å². The Morgan fingerprint density at radius 2 is 1.97 bits per heavy atom. The minimum atomic E-state index is -0.725. The number of benzene rings is 2. The van der Waals surface area contributed by atoms with E-state index in [1.165, 1.54) is 41.0 Å². The van der Waals surface area contributed by atoms with E-state index in [0.717, 1.165) is 12.1 Å². The third-order valence-corrected chi connectivity index (χ3v) is 6.08. The van der Waals surface area contributed by atoms with E-state index >= 15 is 0 Å². The third-order valence-electron chi connectivity index (χ3n) is 4.55. The van der Waals surface area contributed by atoms with Gasteiger partial charge in [0.15, 0.2) is 5.50 Å². The number of nitro benzene ring substituents is 2. The van der Waals surface area contributed by atoms with Crippen molar-refractivity contribution in [2.24, 2.45) is 4.99 Å². The molecule has 1 aliphatic rings. The summed E-state index contributed by atoms with van der Waals surface area (Å²) in [4.78, 5) is 37.0. The monoisotopic (exact) mass is 506 g/mol. The minimum Gasteiger partial charge on any atom is -0.325 e. The minimum absolute atomic E-state index is 0.0140. The van der Waals surface area contributed by atoms with E-state index in [2.05, 4.69) is 15.4 Å². The summed E-state index contributed by atoms with van der Waals surface area (Å²) in [6, 6.07) is 8.04. The summed E-state index contributed by atoms with van der Waals surface area (Å²) in [5.41, 5.74) is -0.0925. The Hall–Kier alpha value is -3.48. The predicted molar refractivity (Wildman–Crippen MR) is 124 cm³/mol. The molecule has 2 aromatic carbocycles. The Bertz CT molecular complexity index is 1330. The van der Waals surface area contributed by atoms with E-state index in [-0.39, 0.29) is 17.3 Å². The van der Waals surface area contributed by atoms with Crippen LogP contribution in [0.1, 0.15) is 5.56 Å². The number of nitro groups is 2. The molecule has 14 heteroatoms. The summed E-state index contributed by atoms with van der Waals surface area (Å²) < 4.78 is 1.23. The van der Waals surface area contributed by atoms with Crippen molar-refractivity contribution >= 4 is 58.5 Å². The number of hydrogen-bond acceptors (Lipinski definition) is 8. The first-order valence-corrected chi connectivity index (χ1v) is 11.0. The number of hydrogen-bond donors (Lipinski definition) is 1. The molecule has 11 nitrogen and oxygen atoms in total. The zero-order valence-corrected chi connectivity index (χ0v) is 18.7. The van der Waals surface area contributed by atoms with Gasteiger partial charge in [0.2, 0.25) is 5.91 Å². The van der Waals surface area contributed by atoms with Crippen LogP contribution in [0.3, 0.4) is 0 Å². The smallest absolute Gasteiger partial charge is 0.301 e. The van der Waals surface area contributed by atoms with Gasteiger partial charge in [0.1, 0.15) is 11.4 Å². The van der Waals surface area contributed by atoms with Crippen LogP contribution in [0.2, 0.25) is 10.0 Å². The van der Waals surface area contributed by atoms with E-state index in [1.807, 2.05) is 0 Å². The van der Waals surface area contributed by atoms with Crippen LogP contribution in [0, 0.1) is 20.2 Å². The van der Waals surface area contributed by atoms with Crippen LogP contribution in [0.4, 0.5) is 11.4 Å². The lowest BCUT2D eigenvalue weighted by Gasteiger charge is -2.04. The summed E-state index contributed by atoms with van der Waals surface area (Å²) in [6.45, 7) is 0. The topological polar surface area (TPSA) is 146 Å². The van der Waals surface area contributed by atoms with Crippen LogP contribution >= 0.6 is 35.0 Å². The van der Waals surface area contributed by atoms with Crippen LogP contribution in [0.15, 0.2) is 47.6 Å². The number of halogens is 2. The lowest BCUT2D eigenvalue weighted by Crippen LogP contribution is -2.23. The zero-order valence-electron chi connectivity index (χ0n) is 16.3. The average Bonchev–Trinajstić information content (AvgIpc) is 3.37. The maximum Gasteiger partial charge on any atom is 0.301 e. The molecule has 1 fully saturated rings. The second kappa shape index (κ2) is 9.17. The number of nitrogens with zero attached hydrogens (tertiary/aromatic N) is 5. The van der Waals surface area contributed by atoms with E-state index in [4.69, 9.17) is 23.2 Å². The molecule has 3 aromatic rings. The van der Waals surface area contributed by atoms with Crippen LogP contribution < -0.4 is 5.32 Å². The molecule has 1 amide bonds. The van der Waals surface area contributed by atoms with Gasteiger partial charge in [0, 0.05) is 34.6 Å². The molecule has 0 spiro atoms. The van der Waals surface area contributed by atoms with Gasteiger partial charge < -0.3 is 5.32 Å². The number of amides is 1. The molecular weight excluding hydrogens is 495 g/mol. The molecule has 0 aliphatic carbocycles. The maximum absolute atomic E-state index is 11.6. The highest BCUT2D eigenvalue weighted by atomic mass is 35.5. The summed E-state index contributed by atoms with van der Waals surface area (Å²) in [5, 5.41) is 30.5. The molecule has 1 saturated heterocycles. The lowest BCUT2D eigenvalue weighted by atomic mass is 10.1. The Morgan fingerprint density at radius 3 is 2.61 bits per heavy atom. The first-order valence-electron chi connectivity index (χ1n) is 9.15. The number of thioether (sulfide) groups is 1. The highest BCUT2D eigenvalue weighted by Crippen LogP contribution is 2.34. The lowest BCUT2D eigenvalue weighted by molar-refractivity contribution is -0.394. The summed E-state index contributed by atoms with van der Waals surface area (Å²) in [5.74, 6) is 0.145. The van der Waals surface area contributed by atoms with Crippen LogP contribution in [0.25, 0.3) is 16.9 Å². The Labute approximate surface area is 199 Å². The van der Waals surface area contributed by atoms with Gasteiger partial charge in [-0.05, 0) is 24.3 Å². The van der Waals surface area contributed by atoms with Crippen molar-refractivity contribution in [1.29, 1.82) is 0 Å². The van der Waals surface area contributed by atoms with Gasteiger partial charge in [-0.25, -0.2) is 4.68 Å². The molecule has 1 N–H and O–H groups in total.